The van der Waals surface area contributed by atoms with Crippen LogP contribution in [-0.4, -0.2) is 78.8 Å². The van der Waals surface area contributed by atoms with Gasteiger partial charge < -0.3 is 15.0 Å². The lowest BCUT2D eigenvalue weighted by Crippen LogP contribution is -2.54. The summed E-state index contributed by atoms with van der Waals surface area (Å²) in [7, 11) is 1.80. The standard InChI is InChI=1S/C31H36N8O3/c1-5-28(40)39-13-12-38(17-20(39)3)18-26(24-9-8-22(15-32-24)21-6-7-21)42-25-14-19(2)29(23-16-33-35-30(23)25)31(41)34-27-10-11-37(4)36-27/h5,8-11,14-16,20-21,26H,1,6-7,12-13,17-18H2,2-4H3,(H,33,35)(H,34,36,41)/t20-,26-/m1/s1. The van der Waals surface area contributed by atoms with Crippen LogP contribution in [0.25, 0.3) is 10.9 Å². The Kier molecular flexibility index (Phi) is 7.51. The molecule has 2 aliphatic rings. The van der Waals surface area contributed by atoms with Gasteiger partial charge in [-0.15, -0.1) is 0 Å². The lowest BCUT2D eigenvalue weighted by Gasteiger charge is -2.40. The molecule has 2 N–H and O–H groups in total. The van der Waals surface area contributed by atoms with E-state index in [1.54, 1.807) is 30.2 Å². The quantitative estimate of drug-likeness (QED) is 0.293. The van der Waals surface area contributed by atoms with Crippen LogP contribution in [-0.2, 0) is 11.8 Å². The van der Waals surface area contributed by atoms with Gasteiger partial charge in [0.15, 0.2) is 11.9 Å². The minimum absolute atomic E-state index is 0.0448. The molecule has 1 saturated carbocycles. The number of H-pyrrole nitrogens is 1. The first kappa shape index (κ1) is 27.6. The van der Waals surface area contributed by atoms with E-state index >= 15 is 0 Å². The van der Waals surface area contributed by atoms with Crippen molar-refractivity contribution in [3.8, 4) is 5.75 Å². The van der Waals surface area contributed by atoms with Gasteiger partial charge in [0.1, 0.15) is 11.3 Å². The molecule has 11 heteroatoms. The first-order valence-electron chi connectivity index (χ1n) is 14.4. The lowest BCUT2D eigenvalue weighted by molar-refractivity contribution is -0.130. The number of piperazine rings is 1. The van der Waals surface area contributed by atoms with Crippen molar-refractivity contribution in [3.05, 3.63) is 77.9 Å². The zero-order chi connectivity index (χ0) is 29.4. The number of aryl methyl sites for hydroxylation is 2. The average Bonchev–Trinajstić information content (AvgIpc) is 3.57. The van der Waals surface area contributed by atoms with Gasteiger partial charge in [-0.2, -0.15) is 10.2 Å². The maximum atomic E-state index is 13.3. The molecule has 6 rings (SSSR count). The summed E-state index contributed by atoms with van der Waals surface area (Å²) in [5.74, 6) is 1.37. The van der Waals surface area contributed by atoms with Crippen LogP contribution < -0.4 is 10.1 Å². The molecule has 2 amide bonds. The molecule has 1 saturated heterocycles. The first-order chi connectivity index (χ1) is 20.3. The highest BCUT2D eigenvalue weighted by Crippen LogP contribution is 2.40. The molecule has 0 bridgehead atoms. The minimum Gasteiger partial charge on any atom is -0.480 e. The molecule has 3 aromatic heterocycles. The van der Waals surface area contributed by atoms with E-state index in [0.29, 0.717) is 53.6 Å². The fraction of sp³-hybridized carbons (Fsp3) is 0.387. The van der Waals surface area contributed by atoms with Crippen molar-refractivity contribution in [1.29, 1.82) is 0 Å². The molecule has 218 valence electrons. The summed E-state index contributed by atoms with van der Waals surface area (Å²) in [6.07, 6.45) is 8.81. The van der Waals surface area contributed by atoms with E-state index in [1.165, 1.54) is 24.5 Å². The number of fused-ring (bicyclic) bond motifs is 1. The topological polar surface area (TPSA) is 121 Å². The second kappa shape index (κ2) is 11.4. The molecule has 11 nitrogen and oxygen atoms in total. The van der Waals surface area contributed by atoms with Gasteiger partial charge in [0, 0.05) is 63.1 Å². The maximum absolute atomic E-state index is 13.3. The summed E-state index contributed by atoms with van der Waals surface area (Å²) >= 11 is 0. The van der Waals surface area contributed by atoms with E-state index in [1.807, 2.05) is 24.1 Å². The highest BCUT2D eigenvalue weighted by molar-refractivity contribution is 6.14. The minimum atomic E-state index is -0.383. The summed E-state index contributed by atoms with van der Waals surface area (Å²) in [5, 5.41) is 15.1. The maximum Gasteiger partial charge on any atom is 0.257 e. The molecule has 2 atom stereocenters. The summed E-state index contributed by atoms with van der Waals surface area (Å²) in [5.41, 5.74) is 4.00. The third kappa shape index (κ3) is 5.64. The molecule has 4 heterocycles. The number of carbonyl (C=O) groups excluding carboxylic acids is 2. The van der Waals surface area contributed by atoms with E-state index in [9.17, 15) is 9.59 Å². The van der Waals surface area contributed by atoms with Crippen LogP contribution in [0.15, 0.2) is 55.5 Å². The normalized spacial score (nSPS) is 18.2. The number of aromatic nitrogens is 5. The van der Waals surface area contributed by atoms with E-state index in [-0.39, 0.29) is 24.0 Å². The SMILES string of the molecule is C=CC(=O)N1CCN(C[C@@H](Oc2cc(C)c(C(=O)Nc3ccn(C)n3)c3cn[nH]c23)c2ccc(C3CC3)cn2)C[C@H]1C. The number of hydrogen-bond donors (Lipinski definition) is 2. The number of nitrogens with one attached hydrogen (secondary N) is 2. The summed E-state index contributed by atoms with van der Waals surface area (Å²) in [6, 6.07) is 7.89. The average molecular weight is 569 g/mol. The van der Waals surface area contributed by atoms with Gasteiger partial charge in [-0.25, -0.2) is 0 Å². The largest absolute Gasteiger partial charge is 0.480 e. The van der Waals surface area contributed by atoms with E-state index in [4.69, 9.17) is 9.72 Å². The Labute approximate surface area is 244 Å². The predicted molar refractivity (Wildman–Crippen MR) is 159 cm³/mol. The van der Waals surface area contributed by atoms with Crippen molar-refractivity contribution in [3.63, 3.8) is 0 Å². The molecule has 0 spiro atoms. The van der Waals surface area contributed by atoms with Gasteiger partial charge in [0.25, 0.3) is 5.91 Å². The Balaban J connectivity index is 1.28. The number of hydrogen-bond acceptors (Lipinski definition) is 7. The number of aromatic amines is 1. The van der Waals surface area contributed by atoms with Crippen molar-refractivity contribution in [2.24, 2.45) is 7.05 Å². The van der Waals surface area contributed by atoms with Crippen LogP contribution >= 0.6 is 0 Å². The highest BCUT2D eigenvalue weighted by atomic mass is 16.5. The number of rotatable bonds is 9. The van der Waals surface area contributed by atoms with Crippen LogP contribution in [0.5, 0.6) is 5.75 Å². The Morgan fingerprint density at radius 2 is 2.07 bits per heavy atom. The summed E-state index contributed by atoms with van der Waals surface area (Å²) in [6.45, 7) is 10.2. The van der Waals surface area contributed by atoms with E-state index in [2.05, 4.69) is 51.1 Å². The molecule has 0 radical (unpaired) electrons. The van der Waals surface area contributed by atoms with Gasteiger partial charge in [0.05, 0.1) is 17.5 Å². The van der Waals surface area contributed by atoms with Gasteiger partial charge in [-0.3, -0.25) is 29.3 Å². The Hall–Kier alpha value is -4.51. The van der Waals surface area contributed by atoms with Crippen LogP contribution in [0.2, 0.25) is 0 Å². The second-order valence-electron chi connectivity index (χ2n) is 11.3. The fourth-order valence-electron chi connectivity index (χ4n) is 5.76. The van der Waals surface area contributed by atoms with Crippen LogP contribution in [0.3, 0.4) is 0 Å². The third-order valence-electron chi connectivity index (χ3n) is 8.13. The lowest BCUT2D eigenvalue weighted by atomic mass is 10.0. The number of anilines is 1. The van der Waals surface area contributed by atoms with Crippen molar-refractivity contribution < 1.29 is 14.3 Å². The Morgan fingerprint density at radius 3 is 2.74 bits per heavy atom. The third-order valence-corrected chi connectivity index (χ3v) is 8.13. The van der Waals surface area contributed by atoms with Crippen LogP contribution in [0.1, 0.15) is 59.0 Å². The van der Waals surface area contributed by atoms with Crippen molar-refractivity contribution >= 4 is 28.5 Å². The molecule has 2 fully saturated rings. The van der Waals surface area contributed by atoms with E-state index in [0.717, 1.165) is 17.8 Å². The number of pyridine rings is 1. The number of amides is 2. The van der Waals surface area contributed by atoms with Crippen molar-refractivity contribution in [1.82, 2.24) is 34.8 Å². The molecule has 1 aromatic carbocycles. The first-order valence-corrected chi connectivity index (χ1v) is 14.4. The van der Waals surface area contributed by atoms with Gasteiger partial charge in [-0.05, 0) is 61.9 Å². The number of ether oxygens (including phenoxy) is 1. The van der Waals surface area contributed by atoms with Gasteiger partial charge in [-0.1, -0.05) is 12.6 Å². The van der Waals surface area contributed by atoms with Crippen LogP contribution in [0, 0.1) is 6.92 Å². The monoisotopic (exact) mass is 568 g/mol. The number of nitrogens with zero attached hydrogens (tertiary/aromatic N) is 6. The van der Waals surface area contributed by atoms with Crippen LogP contribution in [0.4, 0.5) is 5.82 Å². The van der Waals surface area contributed by atoms with E-state index < -0.39 is 0 Å². The number of carbonyl (C=O) groups is 2. The van der Waals surface area contributed by atoms with Gasteiger partial charge >= 0.3 is 0 Å². The molecule has 0 unspecified atom stereocenters. The molecule has 42 heavy (non-hydrogen) atoms. The smallest absolute Gasteiger partial charge is 0.257 e. The zero-order valence-corrected chi connectivity index (χ0v) is 24.2. The van der Waals surface area contributed by atoms with Crippen molar-refractivity contribution in [2.75, 3.05) is 31.5 Å². The molecule has 1 aliphatic carbocycles. The summed E-state index contributed by atoms with van der Waals surface area (Å²) < 4.78 is 8.37. The predicted octanol–water partition coefficient (Wildman–Crippen LogP) is 3.97. The molecule has 4 aromatic rings. The van der Waals surface area contributed by atoms with Gasteiger partial charge in [0.2, 0.25) is 5.91 Å². The summed E-state index contributed by atoms with van der Waals surface area (Å²) in [4.78, 5) is 34.6. The Morgan fingerprint density at radius 1 is 1.24 bits per heavy atom. The zero-order valence-electron chi connectivity index (χ0n) is 24.2. The van der Waals surface area contributed by atoms with Crippen molar-refractivity contribution in [2.45, 2.75) is 44.8 Å². The molecule has 1 aliphatic heterocycles. The molecular weight excluding hydrogens is 532 g/mol. The second-order valence-corrected chi connectivity index (χ2v) is 11.3. The molecular formula is C31H36N8O3. The number of benzene rings is 1. The fourth-order valence-corrected chi connectivity index (χ4v) is 5.76. The Bertz CT molecular complexity index is 1620. The highest BCUT2D eigenvalue weighted by Gasteiger charge is 2.30.